The molecule has 0 amide bonds. The van der Waals surface area contributed by atoms with Crippen LogP contribution in [0, 0.1) is 0 Å². The molecule has 0 atom stereocenters. The molecular formula is C18H32N6. The summed E-state index contributed by atoms with van der Waals surface area (Å²) in [7, 11) is 0. The van der Waals surface area contributed by atoms with E-state index in [0.717, 1.165) is 64.1 Å². The molecule has 24 heavy (non-hydrogen) atoms. The van der Waals surface area contributed by atoms with Crippen LogP contribution in [0.5, 0.6) is 0 Å². The van der Waals surface area contributed by atoms with Crippen LogP contribution in [0.4, 0.5) is 11.8 Å². The van der Waals surface area contributed by atoms with Gasteiger partial charge in [-0.1, -0.05) is 13.8 Å². The van der Waals surface area contributed by atoms with Gasteiger partial charge in [0, 0.05) is 45.5 Å². The number of anilines is 2. The molecule has 2 aliphatic heterocycles. The topological polar surface area (TPSA) is 38.7 Å². The van der Waals surface area contributed by atoms with E-state index in [-0.39, 0.29) is 0 Å². The van der Waals surface area contributed by atoms with E-state index in [2.05, 4.69) is 44.5 Å². The SMILES string of the molecule is CCN1CCCN(c2ccnc(N3CCCN(CC)CC3)n2)CC1. The van der Waals surface area contributed by atoms with Gasteiger partial charge in [-0.15, -0.1) is 0 Å². The number of rotatable bonds is 4. The zero-order valence-corrected chi connectivity index (χ0v) is 15.3. The maximum absolute atomic E-state index is 4.91. The molecular weight excluding hydrogens is 300 g/mol. The molecule has 0 spiro atoms. The average molecular weight is 332 g/mol. The van der Waals surface area contributed by atoms with Crippen molar-refractivity contribution in [2.24, 2.45) is 0 Å². The van der Waals surface area contributed by atoms with Crippen LogP contribution in [0.25, 0.3) is 0 Å². The van der Waals surface area contributed by atoms with Crippen LogP contribution in [0.2, 0.25) is 0 Å². The van der Waals surface area contributed by atoms with E-state index in [1.807, 2.05) is 6.20 Å². The fourth-order valence-electron chi connectivity index (χ4n) is 3.67. The summed E-state index contributed by atoms with van der Waals surface area (Å²) in [6, 6.07) is 2.07. The fourth-order valence-corrected chi connectivity index (χ4v) is 3.67. The van der Waals surface area contributed by atoms with Gasteiger partial charge < -0.3 is 19.6 Å². The van der Waals surface area contributed by atoms with Crippen molar-refractivity contribution in [1.82, 2.24) is 19.8 Å². The molecule has 0 saturated carbocycles. The predicted octanol–water partition coefficient (Wildman–Crippen LogP) is 1.54. The third-order valence-corrected chi connectivity index (χ3v) is 5.31. The summed E-state index contributed by atoms with van der Waals surface area (Å²) < 4.78 is 0. The van der Waals surface area contributed by atoms with Gasteiger partial charge in [0.2, 0.25) is 5.95 Å². The van der Waals surface area contributed by atoms with E-state index in [0.29, 0.717) is 0 Å². The summed E-state index contributed by atoms with van der Waals surface area (Å²) in [5.41, 5.74) is 0. The third-order valence-electron chi connectivity index (χ3n) is 5.31. The van der Waals surface area contributed by atoms with Crippen LogP contribution in [0.1, 0.15) is 26.7 Å². The van der Waals surface area contributed by atoms with E-state index in [1.165, 1.54) is 25.9 Å². The molecule has 134 valence electrons. The Morgan fingerprint density at radius 2 is 1.42 bits per heavy atom. The Labute approximate surface area is 146 Å². The van der Waals surface area contributed by atoms with Gasteiger partial charge in [-0.3, -0.25) is 0 Å². The van der Waals surface area contributed by atoms with Gasteiger partial charge in [0.25, 0.3) is 0 Å². The molecule has 0 aromatic carbocycles. The van der Waals surface area contributed by atoms with Gasteiger partial charge in [0.15, 0.2) is 0 Å². The first-order chi connectivity index (χ1) is 11.8. The predicted molar refractivity (Wildman–Crippen MR) is 99.9 cm³/mol. The quantitative estimate of drug-likeness (QED) is 0.833. The molecule has 2 aliphatic rings. The van der Waals surface area contributed by atoms with Crippen LogP contribution in [-0.2, 0) is 0 Å². The van der Waals surface area contributed by atoms with Gasteiger partial charge in [-0.25, -0.2) is 4.98 Å². The smallest absolute Gasteiger partial charge is 0.227 e. The highest BCUT2D eigenvalue weighted by Gasteiger charge is 2.19. The van der Waals surface area contributed by atoms with Crippen molar-refractivity contribution in [3.05, 3.63) is 12.3 Å². The lowest BCUT2D eigenvalue weighted by atomic mass is 10.3. The number of likely N-dealkylation sites (N-methyl/N-ethyl adjacent to an activating group) is 2. The molecule has 0 radical (unpaired) electrons. The molecule has 6 nitrogen and oxygen atoms in total. The Kier molecular flexibility index (Phi) is 6.26. The van der Waals surface area contributed by atoms with Crippen LogP contribution in [0.15, 0.2) is 12.3 Å². The average Bonchev–Trinajstić information content (AvgIpc) is 3.02. The van der Waals surface area contributed by atoms with E-state index < -0.39 is 0 Å². The maximum atomic E-state index is 4.91. The van der Waals surface area contributed by atoms with Gasteiger partial charge >= 0.3 is 0 Å². The van der Waals surface area contributed by atoms with Crippen LogP contribution in [-0.4, -0.2) is 85.2 Å². The highest BCUT2D eigenvalue weighted by molar-refractivity contribution is 5.44. The van der Waals surface area contributed by atoms with Crippen LogP contribution < -0.4 is 9.80 Å². The molecule has 0 bridgehead atoms. The van der Waals surface area contributed by atoms with E-state index in [1.54, 1.807) is 0 Å². The Morgan fingerprint density at radius 3 is 2.08 bits per heavy atom. The van der Waals surface area contributed by atoms with Gasteiger partial charge in [-0.2, -0.15) is 4.98 Å². The van der Waals surface area contributed by atoms with E-state index in [9.17, 15) is 0 Å². The van der Waals surface area contributed by atoms with Crippen molar-refractivity contribution in [1.29, 1.82) is 0 Å². The maximum Gasteiger partial charge on any atom is 0.227 e. The summed E-state index contributed by atoms with van der Waals surface area (Å²) in [4.78, 5) is 19.3. The molecule has 0 unspecified atom stereocenters. The van der Waals surface area contributed by atoms with E-state index >= 15 is 0 Å². The molecule has 1 aromatic rings. The summed E-state index contributed by atoms with van der Waals surface area (Å²) in [6.45, 7) is 15.6. The molecule has 0 aliphatic carbocycles. The van der Waals surface area contributed by atoms with Crippen molar-refractivity contribution in [3.8, 4) is 0 Å². The normalized spacial score (nSPS) is 21.6. The third kappa shape index (κ3) is 4.36. The summed E-state index contributed by atoms with van der Waals surface area (Å²) in [5, 5.41) is 0. The lowest BCUT2D eigenvalue weighted by Gasteiger charge is -2.25. The molecule has 1 aromatic heterocycles. The number of hydrogen-bond acceptors (Lipinski definition) is 6. The lowest BCUT2D eigenvalue weighted by molar-refractivity contribution is 0.310. The second-order valence-electron chi connectivity index (χ2n) is 6.76. The van der Waals surface area contributed by atoms with Crippen molar-refractivity contribution in [2.75, 3.05) is 75.2 Å². The van der Waals surface area contributed by atoms with Crippen molar-refractivity contribution >= 4 is 11.8 Å². The number of hydrogen-bond donors (Lipinski definition) is 0. The minimum Gasteiger partial charge on any atom is -0.355 e. The highest BCUT2D eigenvalue weighted by atomic mass is 15.3. The van der Waals surface area contributed by atoms with Gasteiger partial charge in [0.05, 0.1) is 0 Å². The second kappa shape index (κ2) is 8.62. The summed E-state index contributed by atoms with van der Waals surface area (Å²) in [5.74, 6) is 2.00. The Bertz CT molecular complexity index is 467. The van der Waals surface area contributed by atoms with Crippen molar-refractivity contribution < 1.29 is 0 Å². The first-order valence-corrected chi connectivity index (χ1v) is 9.57. The minimum atomic E-state index is 0.905. The standard InChI is InChI=1S/C18H32N6/c1-3-21-9-5-11-23(15-13-21)17-7-8-19-18(20-17)24-12-6-10-22(4-2)14-16-24/h7-8H,3-6,9-16H2,1-2H3. The second-order valence-corrected chi connectivity index (χ2v) is 6.76. The number of aromatic nitrogens is 2. The van der Waals surface area contributed by atoms with Crippen molar-refractivity contribution in [2.45, 2.75) is 26.7 Å². The van der Waals surface area contributed by atoms with Gasteiger partial charge in [0.1, 0.15) is 5.82 Å². The van der Waals surface area contributed by atoms with Gasteiger partial charge in [-0.05, 0) is 45.1 Å². The molecule has 3 rings (SSSR count). The first kappa shape index (κ1) is 17.4. The Morgan fingerprint density at radius 1 is 0.792 bits per heavy atom. The van der Waals surface area contributed by atoms with Crippen LogP contribution >= 0.6 is 0 Å². The Hall–Kier alpha value is -1.40. The lowest BCUT2D eigenvalue weighted by Crippen LogP contribution is -2.33. The minimum absolute atomic E-state index is 0.905. The first-order valence-electron chi connectivity index (χ1n) is 9.57. The highest BCUT2D eigenvalue weighted by Crippen LogP contribution is 2.18. The van der Waals surface area contributed by atoms with Crippen molar-refractivity contribution in [3.63, 3.8) is 0 Å². The zero-order chi connectivity index (χ0) is 16.8. The largest absolute Gasteiger partial charge is 0.355 e. The Balaban J connectivity index is 1.67. The monoisotopic (exact) mass is 332 g/mol. The fraction of sp³-hybridized carbons (Fsp3) is 0.778. The molecule has 6 heteroatoms. The van der Waals surface area contributed by atoms with Crippen LogP contribution in [0.3, 0.4) is 0 Å². The number of nitrogens with zero attached hydrogens (tertiary/aromatic N) is 6. The summed E-state index contributed by atoms with van der Waals surface area (Å²) in [6.07, 6.45) is 4.33. The zero-order valence-electron chi connectivity index (χ0n) is 15.3. The molecule has 2 fully saturated rings. The summed E-state index contributed by atoms with van der Waals surface area (Å²) >= 11 is 0. The molecule has 0 N–H and O–H groups in total. The molecule has 3 heterocycles. The van der Waals surface area contributed by atoms with E-state index in [4.69, 9.17) is 4.98 Å². The molecule has 2 saturated heterocycles.